The fraction of sp³-hybridized carbons (Fsp3) is 0.556. The minimum atomic E-state index is 0.361. The molecule has 92 valence electrons. The van der Waals surface area contributed by atoms with Crippen LogP contribution in [0.5, 0.6) is 0 Å². The lowest BCUT2D eigenvalue weighted by molar-refractivity contribution is 0.485. The Labute approximate surface area is 107 Å². The first-order chi connectivity index (χ1) is 8.13. The number of nitrogens with zero attached hydrogens (tertiary/aromatic N) is 4. The van der Waals surface area contributed by atoms with Gasteiger partial charge in [-0.25, -0.2) is 0 Å². The van der Waals surface area contributed by atoms with Gasteiger partial charge in [0.2, 0.25) is 16.9 Å². The van der Waals surface area contributed by atoms with Crippen molar-refractivity contribution >= 4 is 28.2 Å². The van der Waals surface area contributed by atoms with E-state index in [4.69, 9.17) is 4.42 Å². The Morgan fingerprint density at radius 2 is 2.12 bits per heavy atom. The zero-order valence-corrected chi connectivity index (χ0v) is 11.4. The van der Waals surface area contributed by atoms with Crippen LogP contribution in [0.25, 0.3) is 0 Å². The summed E-state index contributed by atoms with van der Waals surface area (Å²) in [5.74, 6) is 1.82. The largest absolute Gasteiger partial charge is 0.425 e. The third-order valence-electron chi connectivity index (χ3n) is 1.71. The summed E-state index contributed by atoms with van der Waals surface area (Å²) in [6.07, 6.45) is 0. The number of aryl methyl sites for hydroxylation is 1. The van der Waals surface area contributed by atoms with Gasteiger partial charge < -0.3 is 9.73 Å². The highest BCUT2D eigenvalue weighted by atomic mass is 32.2. The molecule has 1 N–H and O–H groups in total. The number of hydrogen-bond donors (Lipinski definition) is 1. The van der Waals surface area contributed by atoms with Gasteiger partial charge in [-0.15, -0.1) is 20.4 Å². The second kappa shape index (κ2) is 5.46. The average Bonchev–Trinajstić information content (AvgIpc) is 2.84. The molecule has 0 bridgehead atoms. The Morgan fingerprint density at radius 3 is 2.76 bits per heavy atom. The van der Waals surface area contributed by atoms with E-state index in [2.05, 4.69) is 39.6 Å². The monoisotopic (exact) mass is 271 g/mol. The van der Waals surface area contributed by atoms with E-state index in [0.717, 1.165) is 9.47 Å². The van der Waals surface area contributed by atoms with Gasteiger partial charge in [-0.3, -0.25) is 0 Å². The number of anilines is 1. The highest BCUT2D eigenvalue weighted by molar-refractivity contribution is 8.00. The van der Waals surface area contributed by atoms with Crippen LogP contribution in [-0.4, -0.2) is 26.4 Å². The van der Waals surface area contributed by atoms with E-state index in [0.29, 0.717) is 23.6 Å². The van der Waals surface area contributed by atoms with Crippen molar-refractivity contribution in [1.29, 1.82) is 0 Å². The van der Waals surface area contributed by atoms with Gasteiger partial charge in [-0.2, -0.15) is 0 Å². The molecule has 2 aromatic rings. The molecule has 2 heterocycles. The SMILES string of the molecule is Cc1nnc(CSc2nnc(NC(C)C)s2)o1. The Balaban J connectivity index is 1.89. The van der Waals surface area contributed by atoms with Crippen molar-refractivity contribution in [2.24, 2.45) is 0 Å². The van der Waals surface area contributed by atoms with Crippen LogP contribution >= 0.6 is 23.1 Å². The molecule has 2 aromatic heterocycles. The molecule has 0 aliphatic heterocycles. The fourth-order valence-corrected chi connectivity index (χ4v) is 2.83. The fourth-order valence-electron chi connectivity index (χ4n) is 1.09. The van der Waals surface area contributed by atoms with Crippen LogP contribution < -0.4 is 5.32 Å². The summed E-state index contributed by atoms with van der Waals surface area (Å²) < 4.78 is 6.17. The van der Waals surface area contributed by atoms with E-state index in [-0.39, 0.29) is 0 Å². The zero-order valence-electron chi connectivity index (χ0n) is 9.80. The molecule has 0 aliphatic carbocycles. The van der Waals surface area contributed by atoms with Crippen LogP contribution in [0.4, 0.5) is 5.13 Å². The third kappa shape index (κ3) is 3.67. The molecule has 2 rings (SSSR count). The highest BCUT2D eigenvalue weighted by Gasteiger charge is 2.08. The van der Waals surface area contributed by atoms with Gasteiger partial charge in [-0.05, 0) is 13.8 Å². The molecule has 0 atom stereocenters. The Bertz CT molecular complexity index is 481. The van der Waals surface area contributed by atoms with Crippen LogP contribution in [0.3, 0.4) is 0 Å². The van der Waals surface area contributed by atoms with Crippen molar-refractivity contribution in [3.8, 4) is 0 Å². The van der Waals surface area contributed by atoms with Gasteiger partial charge in [0.05, 0.1) is 5.75 Å². The van der Waals surface area contributed by atoms with E-state index in [1.54, 1.807) is 18.7 Å². The molecule has 0 saturated heterocycles. The second-order valence-electron chi connectivity index (χ2n) is 3.68. The van der Waals surface area contributed by atoms with Gasteiger partial charge >= 0.3 is 0 Å². The molecule has 0 aliphatic rings. The predicted octanol–water partition coefficient (Wildman–Crippen LogP) is 2.34. The first-order valence-electron chi connectivity index (χ1n) is 5.15. The molecular formula is C9H13N5OS2. The molecule has 0 amide bonds. The molecule has 17 heavy (non-hydrogen) atoms. The molecule has 0 saturated carbocycles. The van der Waals surface area contributed by atoms with Crippen LogP contribution in [0.1, 0.15) is 25.6 Å². The number of aromatic nitrogens is 4. The lowest BCUT2D eigenvalue weighted by Gasteiger charge is -2.02. The average molecular weight is 271 g/mol. The lowest BCUT2D eigenvalue weighted by atomic mass is 10.4. The maximum atomic E-state index is 5.27. The normalized spacial score (nSPS) is 11.1. The second-order valence-corrected chi connectivity index (χ2v) is 5.88. The number of thioether (sulfide) groups is 1. The topological polar surface area (TPSA) is 76.7 Å². The molecule has 0 spiro atoms. The first-order valence-corrected chi connectivity index (χ1v) is 6.95. The smallest absolute Gasteiger partial charge is 0.226 e. The Hall–Kier alpha value is -1.15. The summed E-state index contributed by atoms with van der Waals surface area (Å²) in [6.45, 7) is 5.90. The predicted molar refractivity (Wildman–Crippen MR) is 67.3 cm³/mol. The molecule has 8 heteroatoms. The van der Waals surface area contributed by atoms with Gasteiger partial charge in [0.15, 0.2) is 4.34 Å². The minimum Gasteiger partial charge on any atom is -0.425 e. The first kappa shape index (κ1) is 12.3. The summed E-state index contributed by atoms with van der Waals surface area (Å²) in [6, 6.07) is 0.361. The summed E-state index contributed by atoms with van der Waals surface area (Å²) in [5, 5.41) is 19.8. The van der Waals surface area contributed by atoms with Crippen molar-refractivity contribution in [2.75, 3.05) is 5.32 Å². The third-order valence-corrected chi connectivity index (χ3v) is 3.68. The number of rotatable bonds is 5. The highest BCUT2D eigenvalue weighted by Crippen LogP contribution is 2.28. The molecule has 6 nitrogen and oxygen atoms in total. The minimum absolute atomic E-state index is 0.361. The van der Waals surface area contributed by atoms with Crippen molar-refractivity contribution in [3.63, 3.8) is 0 Å². The van der Waals surface area contributed by atoms with Crippen LogP contribution in [0.15, 0.2) is 8.76 Å². The van der Waals surface area contributed by atoms with E-state index in [9.17, 15) is 0 Å². The summed E-state index contributed by atoms with van der Waals surface area (Å²) in [7, 11) is 0. The summed E-state index contributed by atoms with van der Waals surface area (Å²) in [4.78, 5) is 0. The number of nitrogens with one attached hydrogen (secondary N) is 1. The van der Waals surface area contributed by atoms with Crippen LogP contribution in [0, 0.1) is 6.92 Å². The quantitative estimate of drug-likeness (QED) is 0.836. The molecule has 0 aromatic carbocycles. The maximum absolute atomic E-state index is 5.27. The summed E-state index contributed by atoms with van der Waals surface area (Å²) in [5.41, 5.74) is 0. The molecule has 0 radical (unpaired) electrons. The van der Waals surface area contributed by atoms with E-state index in [1.807, 2.05) is 0 Å². The Kier molecular flexibility index (Phi) is 3.95. The molecule has 0 fully saturated rings. The standard InChI is InChI=1S/C9H13N5OS2/c1-5(2)10-8-13-14-9(17-8)16-4-7-12-11-6(3)15-7/h5H,4H2,1-3H3,(H,10,13). The maximum Gasteiger partial charge on any atom is 0.226 e. The van der Waals surface area contributed by atoms with Crippen molar-refractivity contribution in [2.45, 2.75) is 36.9 Å². The Morgan fingerprint density at radius 1 is 1.29 bits per heavy atom. The van der Waals surface area contributed by atoms with Crippen molar-refractivity contribution < 1.29 is 4.42 Å². The molecule has 0 unspecified atom stereocenters. The summed E-state index contributed by atoms with van der Waals surface area (Å²) >= 11 is 3.07. The van der Waals surface area contributed by atoms with E-state index in [1.165, 1.54) is 11.3 Å². The van der Waals surface area contributed by atoms with Crippen molar-refractivity contribution in [3.05, 3.63) is 11.8 Å². The van der Waals surface area contributed by atoms with E-state index >= 15 is 0 Å². The van der Waals surface area contributed by atoms with Gasteiger partial charge in [0, 0.05) is 13.0 Å². The van der Waals surface area contributed by atoms with E-state index < -0.39 is 0 Å². The van der Waals surface area contributed by atoms with Gasteiger partial charge in [0.1, 0.15) is 0 Å². The van der Waals surface area contributed by atoms with Crippen LogP contribution in [-0.2, 0) is 5.75 Å². The zero-order chi connectivity index (χ0) is 12.3. The number of hydrogen-bond acceptors (Lipinski definition) is 8. The van der Waals surface area contributed by atoms with Crippen molar-refractivity contribution in [1.82, 2.24) is 20.4 Å². The lowest BCUT2D eigenvalue weighted by Crippen LogP contribution is -2.08. The van der Waals surface area contributed by atoms with Crippen LogP contribution in [0.2, 0.25) is 0 Å². The molecular weight excluding hydrogens is 258 g/mol. The van der Waals surface area contributed by atoms with Gasteiger partial charge in [0.25, 0.3) is 0 Å². The van der Waals surface area contributed by atoms with Gasteiger partial charge in [-0.1, -0.05) is 23.1 Å².